The van der Waals surface area contributed by atoms with Crippen molar-refractivity contribution in [3.05, 3.63) is 354 Å². The average Bonchev–Trinajstić information content (AvgIpc) is 2.44. The van der Waals surface area contributed by atoms with Gasteiger partial charge < -0.3 is 14.4 Å². The minimum atomic E-state index is -0.608. The quantitative estimate of drug-likeness (QED) is 0.159. The maximum atomic E-state index is 6.75. The first-order valence-corrected chi connectivity index (χ1v) is 28.6. The molecule has 0 fully saturated rings. The lowest BCUT2D eigenvalue weighted by molar-refractivity contribution is 0.436. The standard InChI is InChI=1S/C80H51NO2/c1-2-20-52(21-3-1)53-38-40-54(41-39-53)55-42-46-58(47-43-55)81(73-32-14-6-22-59(73)56-45-49-67-64(50-56)62-25-5-9-27-66(62)79(67)68-28-10-16-34-75(68)82-76-35-17-11-29-69(76)79)74-33-15-7-23-60(74)57-44-48-63-61-24-4-8-26-65(61)80(72(63)51-57)70-30-12-18-36-77(70)83-78-37-19-13-31-71(78)80/h1-51H. The van der Waals surface area contributed by atoms with Gasteiger partial charge in [-0.1, -0.05) is 249 Å². The second-order valence-electron chi connectivity index (χ2n) is 22.2. The Kier molecular flexibility index (Phi) is 10.4. The molecule has 13 aromatic carbocycles. The van der Waals surface area contributed by atoms with E-state index >= 15 is 0 Å². The normalized spacial score (nSPS) is 13.7. The van der Waals surface area contributed by atoms with Crippen LogP contribution in [0.5, 0.6) is 23.0 Å². The van der Waals surface area contributed by atoms with Crippen LogP contribution in [0.3, 0.4) is 0 Å². The fraction of sp³-hybridized carbons (Fsp3) is 0.0250. The number of nitrogens with zero attached hydrogens (tertiary/aromatic N) is 1. The molecule has 0 unspecified atom stereocenters. The number of fused-ring (bicyclic) bond motifs is 18. The lowest BCUT2D eigenvalue weighted by atomic mass is 9.66. The molecule has 2 heterocycles. The Hall–Kier alpha value is -10.7. The van der Waals surface area contributed by atoms with Crippen LogP contribution in [0, 0.1) is 0 Å². The van der Waals surface area contributed by atoms with E-state index in [0.29, 0.717) is 0 Å². The molecule has 2 spiro atoms. The van der Waals surface area contributed by atoms with E-state index in [4.69, 9.17) is 9.47 Å². The Morgan fingerprint density at radius 3 is 1.04 bits per heavy atom. The fourth-order valence-corrected chi connectivity index (χ4v) is 14.6. The van der Waals surface area contributed by atoms with Crippen LogP contribution in [0.15, 0.2) is 309 Å². The van der Waals surface area contributed by atoms with Gasteiger partial charge in [-0.05, 0) is 139 Å². The third-order valence-electron chi connectivity index (χ3n) is 18.1. The summed E-state index contributed by atoms with van der Waals surface area (Å²) in [6.07, 6.45) is 0. The van der Waals surface area contributed by atoms with Crippen molar-refractivity contribution in [3.63, 3.8) is 0 Å². The fourth-order valence-electron chi connectivity index (χ4n) is 14.6. The Morgan fingerprint density at radius 1 is 0.205 bits per heavy atom. The minimum Gasteiger partial charge on any atom is -0.457 e. The molecule has 2 aliphatic carbocycles. The predicted octanol–water partition coefficient (Wildman–Crippen LogP) is 20.8. The summed E-state index contributed by atoms with van der Waals surface area (Å²) in [4.78, 5) is 2.48. The molecule has 2 aliphatic heterocycles. The summed E-state index contributed by atoms with van der Waals surface area (Å²) in [6.45, 7) is 0. The highest BCUT2D eigenvalue weighted by Crippen LogP contribution is 2.64. The van der Waals surface area contributed by atoms with Crippen molar-refractivity contribution in [2.45, 2.75) is 10.8 Å². The number of para-hydroxylation sites is 6. The van der Waals surface area contributed by atoms with Gasteiger partial charge in [-0.15, -0.1) is 0 Å². The summed E-state index contributed by atoms with van der Waals surface area (Å²) in [5.41, 5.74) is 25.8. The summed E-state index contributed by atoms with van der Waals surface area (Å²) in [5, 5.41) is 0. The van der Waals surface area contributed by atoms with Crippen LogP contribution in [-0.2, 0) is 10.8 Å². The topological polar surface area (TPSA) is 21.7 Å². The van der Waals surface area contributed by atoms with E-state index in [-0.39, 0.29) is 0 Å². The molecule has 3 nitrogen and oxygen atoms in total. The molecule has 3 heteroatoms. The van der Waals surface area contributed by atoms with Gasteiger partial charge in [-0.25, -0.2) is 0 Å². The number of anilines is 3. The predicted molar refractivity (Wildman–Crippen MR) is 338 cm³/mol. The van der Waals surface area contributed by atoms with Gasteiger partial charge in [0, 0.05) is 39.1 Å². The van der Waals surface area contributed by atoms with Gasteiger partial charge in [-0.2, -0.15) is 0 Å². The molecule has 388 valence electrons. The number of rotatable bonds is 7. The number of ether oxygens (including phenoxy) is 2. The molecular weight excluding hydrogens is 1010 g/mol. The zero-order chi connectivity index (χ0) is 54.6. The molecule has 0 aromatic heterocycles. The first-order valence-electron chi connectivity index (χ1n) is 28.6. The molecule has 0 saturated carbocycles. The van der Waals surface area contributed by atoms with Crippen molar-refractivity contribution in [2.75, 3.05) is 4.90 Å². The Bertz CT molecular complexity index is 4660. The first kappa shape index (κ1) is 47.1. The average molecular weight is 1060 g/mol. The van der Waals surface area contributed by atoms with Crippen molar-refractivity contribution < 1.29 is 9.47 Å². The van der Waals surface area contributed by atoms with Gasteiger partial charge in [0.2, 0.25) is 0 Å². The zero-order valence-electron chi connectivity index (χ0n) is 45.2. The van der Waals surface area contributed by atoms with Crippen LogP contribution < -0.4 is 14.4 Å². The number of hydrogen-bond donors (Lipinski definition) is 0. The maximum Gasteiger partial charge on any atom is 0.132 e. The van der Waals surface area contributed by atoms with Crippen molar-refractivity contribution in [1.82, 2.24) is 0 Å². The molecule has 0 amide bonds. The van der Waals surface area contributed by atoms with E-state index in [2.05, 4.69) is 314 Å². The van der Waals surface area contributed by atoms with Crippen molar-refractivity contribution in [2.24, 2.45) is 0 Å². The van der Waals surface area contributed by atoms with E-state index in [1.54, 1.807) is 0 Å². The monoisotopic (exact) mass is 1060 g/mol. The molecule has 0 N–H and O–H groups in total. The second-order valence-corrected chi connectivity index (χ2v) is 22.2. The van der Waals surface area contributed by atoms with E-state index < -0.39 is 10.8 Å². The van der Waals surface area contributed by atoms with Crippen molar-refractivity contribution in [1.29, 1.82) is 0 Å². The summed E-state index contributed by atoms with van der Waals surface area (Å²) in [6, 6.07) is 113. The van der Waals surface area contributed by atoms with Crippen LogP contribution >= 0.6 is 0 Å². The van der Waals surface area contributed by atoms with Crippen LogP contribution in [-0.4, -0.2) is 0 Å². The smallest absolute Gasteiger partial charge is 0.132 e. The number of hydrogen-bond acceptors (Lipinski definition) is 3. The largest absolute Gasteiger partial charge is 0.457 e. The Labute approximate surface area is 483 Å². The third kappa shape index (κ3) is 6.86. The summed E-state index contributed by atoms with van der Waals surface area (Å²) in [7, 11) is 0. The summed E-state index contributed by atoms with van der Waals surface area (Å²) >= 11 is 0. The molecule has 0 bridgehead atoms. The molecule has 83 heavy (non-hydrogen) atoms. The Morgan fingerprint density at radius 2 is 0.530 bits per heavy atom. The molecule has 0 atom stereocenters. The highest BCUT2D eigenvalue weighted by molar-refractivity contribution is 5.98. The minimum absolute atomic E-state index is 0.561. The SMILES string of the molecule is c1ccc(-c2ccc(-c3ccc(N(c4ccccc4-c4ccc5c(c4)-c4ccccc4C54c5ccccc5Oc5ccccc54)c4ccccc4-c4ccc5c(c4)C4(c6ccccc6Oc6ccccc64)c4ccccc4-5)cc3)cc2)cc1. The third-order valence-corrected chi connectivity index (χ3v) is 18.1. The molecule has 0 radical (unpaired) electrons. The molecule has 0 saturated heterocycles. The highest BCUT2D eigenvalue weighted by Gasteiger charge is 2.52. The molecule has 13 aromatic rings. The molecular formula is C80H51NO2. The van der Waals surface area contributed by atoms with Crippen LogP contribution in [0.25, 0.3) is 66.8 Å². The zero-order valence-corrected chi connectivity index (χ0v) is 45.2. The number of benzene rings is 13. The maximum absolute atomic E-state index is 6.75. The van der Waals surface area contributed by atoms with Gasteiger partial charge in [0.05, 0.1) is 22.2 Å². The second kappa shape index (κ2) is 18.4. The van der Waals surface area contributed by atoms with E-state index in [0.717, 1.165) is 90.1 Å². The Balaban J connectivity index is 0.857. The van der Waals surface area contributed by atoms with Crippen molar-refractivity contribution >= 4 is 17.1 Å². The van der Waals surface area contributed by atoms with Gasteiger partial charge in [0.25, 0.3) is 0 Å². The van der Waals surface area contributed by atoms with Gasteiger partial charge in [0.1, 0.15) is 23.0 Å². The highest BCUT2D eigenvalue weighted by atomic mass is 16.5. The van der Waals surface area contributed by atoms with Gasteiger partial charge in [-0.3, -0.25) is 0 Å². The summed E-state index contributed by atoms with van der Waals surface area (Å²) in [5.74, 6) is 3.53. The lowest BCUT2D eigenvalue weighted by Crippen LogP contribution is -2.32. The van der Waals surface area contributed by atoms with Crippen LogP contribution in [0.2, 0.25) is 0 Å². The first-order chi connectivity index (χ1) is 41.2. The lowest BCUT2D eigenvalue weighted by Gasteiger charge is -2.39. The van der Waals surface area contributed by atoms with E-state index in [1.165, 1.54) is 61.2 Å². The van der Waals surface area contributed by atoms with Crippen LogP contribution in [0.4, 0.5) is 17.1 Å². The van der Waals surface area contributed by atoms with E-state index in [1.807, 2.05) is 0 Å². The summed E-state index contributed by atoms with van der Waals surface area (Å²) < 4.78 is 13.4. The van der Waals surface area contributed by atoms with Gasteiger partial charge >= 0.3 is 0 Å². The van der Waals surface area contributed by atoms with Gasteiger partial charge in [0.15, 0.2) is 0 Å². The van der Waals surface area contributed by atoms with E-state index in [9.17, 15) is 0 Å². The van der Waals surface area contributed by atoms with Crippen LogP contribution in [0.1, 0.15) is 44.5 Å². The van der Waals surface area contributed by atoms with Crippen molar-refractivity contribution in [3.8, 4) is 89.8 Å². The molecule has 17 rings (SSSR count). The molecule has 4 aliphatic rings.